The van der Waals surface area contributed by atoms with Crippen LogP contribution in [0, 0.1) is 0 Å². The first-order valence-corrected chi connectivity index (χ1v) is 5.03. The van der Waals surface area contributed by atoms with Gasteiger partial charge >= 0.3 is 0 Å². The molecule has 2 heterocycles. The van der Waals surface area contributed by atoms with E-state index in [4.69, 9.17) is 0 Å². The van der Waals surface area contributed by atoms with Gasteiger partial charge in [-0.25, -0.2) is 4.57 Å². The van der Waals surface area contributed by atoms with Crippen LogP contribution in [-0.2, 0) is 13.6 Å². The Balaban J connectivity index is 2.29. The zero-order valence-corrected chi connectivity index (χ0v) is 8.96. The van der Waals surface area contributed by atoms with E-state index < -0.39 is 0 Å². The van der Waals surface area contributed by atoms with Gasteiger partial charge < -0.3 is 0 Å². The molecule has 0 saturated heterocycles. The van der Waals surface area contributed by atoms with Gasteiger partial charge in [-0.2, -0.15) is 4.80 Å². The number of tetrazole rings is 1. The Bertz CT molecular complexity index is 449. The molecule has 0 saturated carbocycles. The summed E-state index contributed by atoms with van der Waals surface area (Å²) >= 11 is 0. The van der Waals surface area contributed by atoms with E-state index in [2.05, 4.69) is 22.3 Å². The van der Waals surface area contributed by atoms with Gasteiger partial charge in [0.05, 0.1) is 12.1 Å². The summed E-state index contributed by atoms with van der Waals surface area (Å²) in [6.45, 7) is 2.90. The first-order valence-electron chi connectivity index (χ1n) is 5.03. The number of hydrogen-bond acceptors (Lipinski definition) is 3. The van der Waals surface area contributed by atoms with E-state index in [0.29, 0.717) is 5.82 Å². The monoisotopic (exact) mass is 204 g/mol. The van der Waals surface area contributed by atoms with E-state index in [1.165, 1.54) is 0 Å². The molecule has 0 bridgehead atoms. The van der Waals surface area contributed by atoms with Crippen LogP contribution >= 0.6 is 0 Å². The molecule has 0 aliphatic carbocycles. The molecule has 5 heteroatoms. The highest BCUT2D eigenvalue weighted by Crippen LogP contribution is 2.09. The fourth-order valence-electron chi connectivity index (χ4n) is 1.37. The van der Waals surface area contributed by atoms with Crippen molar-refractivity contribution in [1.29, 1.82) is 0 Å². The first-order chi connectivity index (χ1) is 7.29. The van der Waals surface area contributed by atoms with Crippen molar-refractivity contribution in [2.24, 2.45) is 7.05 Å². The minimum atomic E-state index is 0.680. The molecule has 0 amide bonds. The lowest BCUT2D eigenvalue weighted by atomic mass is 10.3. The molecule has 2 rings (SSSR count). The third kappa shape index (κ3) is 2.18. The topological polar surface area (TPSA) is 47.5 Å². The van der Waals surface area contributed by atoms with E-state index in [9.17, 15) is 0 Å². The van der Waals surface area contributed by atoms with Crippen LogP contribution in [0.15, 0.2) is 24.5 Å². The number of pyridine rings is 1. The van der Waals surface area contributed by atoms with Crippen LogP contribution in [0.5, 0.6) is 0 Å². The number of rotatable bonds is 3. The second-order valence-electron chi connectivity index (χ2n) is 3.47. The molecule has 2 aromatic heterocycles. The van der Waals surface area contributed by atoms with Gasteiger partial charge in [0.15, 0.2) is 12.4 Å². The maximum absolute atomic E-state index is 4.29. The molecule has 78 valence electrons. The molecule has 0 N–H and O–H groups in total. The molecule has 15 heavy (non-hydrogen) atoms. The third-order valence-corrected chi connectivity index (χ3v) is 2.07. The predicted molar refractivity (Wildman–Crippen MR) is 54.7 cm³/mol. The zero-order valence-electron chi connectivity index (χ0n) is 8.96. The lowest BCUT2D eigenvalue weighted by Crippen LogP contribution is -2.26. The van der Waals surface area contributed by atoms with Gasteiger partial charge in [0.25, 0.3) is 0 Å². The van der Waals surface area contributed by atoms with Crippen LogP contribution in [0.25, 0.3) is 11.4 Å². The van der Waals surface area contributed by atoms with Gasteiger partial charge in [0.2, 0.25) is 5.82 Å². The highest BCUT2D eigenvalue weighted by molar-refractivity contribution is 5.50. The Hall–Kier alpha value is -1.78. The van der Waals surface area contributed by atoms with Crippen molar-refractivity contribution in [1.82, 2.24) is 20.2 Å². The SMILES string of the molecule is CCCn1nnc(-c2ccc[n+](C)c2)n1. The Morgan fingerprint density at radius 2 is 2.33 bits per heavy atom. The Labute approximate surface area is 88.4 Å². The molecule has 0 aliphatic heterocycles. The largest absolute Gasteiger partial charge is 0.210 e. The Morgan fingerprint density at radius 3 is 3.07 bits per heavy atom. The highest BCUT2D eigenvalue weighted by Gasteiger charge is 2.07. The lowest BCUT2D eigenvalue weighted by Gasteiger charge is -1.92. The van der Waals surface area contributed by atoms with Crippen LogP contribution in [-0.4, -0.2) is 20.2 Å². The van der Waals surface area contributed by atoms with Crippen molar-refractivity contribution in [3.8, 4) is 11.4 Å². The molecule has 0 aliphatic rings. The fraction of sp³-hybridized carbons (Fsp3) is 0.400. The summed E-state index contributed by atoms with van der Waals surface area (Å²) in [5.41, 5.74) is 0.988. The standard InChI is InChI=1S/C10H14N5/c1-3-6-15-12-10(11-13-15)9-5-4-7-14(2)8-9/h4-5,7-8H,3,6H2,1-2H3/q+1. The van der Waals surface area contributed by atoms with Crippen LogP contribution in [0.3, 0.4) is 0 Å². The smallest absolute Gasteiger partial charge is 0.207 e. The summed E-state index contributed by atoms with van der Waals surface area (Å²) in [4.78, 5) is 1.63. The minimum Gasteiger partial charge on any atom is -0.207 e. The van der Waals surface area contributed by atoms with Crippen LogP contribution in [0.1, 0.15) is 13.3 Å². The normalized spacial score (nSPS) is 10.5. The molecule has 0 atom stereocenters. The van der Waals surface area contributed by atoms with Gasteiger partial charge in [0.1, 0.15) is 7.05 Å². The van der Waals surface area contributed by atoms with Crippen molar-refractivity contribution >= 4 is 0 Å². The summed E-state index contributed by atoms with van der Waals surface area (Å²) in [6, 6.07) is 3.95. The van der Waals surface area contributed by atoms with Gasteiger partial charge in [-0.05, 0) is 17.7 Å². The Kier molecular flexibility index (Phi) is 2.71. The maximum Gasteiger partial charge on any atom is 0.210 e. The second kappa shape index (κ2) is 4.16. The summed E-state index contributed by atoms with van der Waals surface area (Å²) < 4.78 is 1.97. The van der Waals surface area contributed by atoms with Gasteiger partial charge in [-0.15, -0.1) is 10.2 Å². The molecular formula is C10H14N5+. The highest BCUT2D eigenvalue weighted by atomic mass is 15.6. The summed E-state index contributed by atoms with van der Waals surface area (Å²) in [5, 5.41) is 12.3. The average Bonchev–Trinajstić information content (AvgIpc) is 2.67. The molecular weight excluding hydrogens is 190 g/mol. The minimum absolute atomic E-state index is 0.680. The average molecular weight is 204 g/mol. The molecule has 0 unspecified atom stereocenters. The molecule has 0 fully saturated rings. The van der Waals surface area contributed by atoms with Crippen LogP contribution < -0.4 is 4.57 Å². The van der Waals surface area contributed by atoms with Crippen molar-refractivity contribution in [3.05, 3.63) is 24.5 Å². The van der Waals surface area contributed by atoms with E-state index in [1.807, 2.05) is 36.1 Å². The lowest BCUT2D eigenvalue weighted by molar-refractivity contribution is -0.671. The van der Waals surface area contributed by atoms with Crippen molar-refractivity contribution in [3.63, 3.8) is 0 Å². The van der Waals surface area contributed by atoms with Crippen molar-refractivity contribution in [2.45, 2.75) is 19.9 Å². The third-order valence-electron chi connectivity index (χ3n) is 2.07. The van der Waals surface area contributed by atoms with Crippen molar-refractivity contribution in [2.75, 3.05) is 0 Å². The number of aryl methyl sites for hydroxylation is 2. The molecule has 2 aromatic rings. The summed E-state index contributed by atoms with van der Waals surface area (Å²) in [5.74, 6) is 0.680. The van der Waals surface area contributed by atoms with E-state index in [0.717, 1.165) is 18.5 Å². The first kappa shape index (κ1) is 9.76. The summed E-state index contributed by atoms with van der Waals surface area (Å²) in [7, 11) is 1.97. The van der Waals surface area contributed by atoms with Gasteiger partial charge in [-0.3, -0.25) is 0 Å². The van der Waals surface area contributed by atoms with Crippen LogP contribution in [0.4, 0.5) is 0 Å². The van der Waals surface area contributed by atoms with E-state index in [1.54, 1.807) is 4.80 Å². The Morgan fingerprint density at radius 1 is 1.47 bits per heavy atom. The quantitative estimate of drug-likeness (QED) is 0.687. The molecule has 5 nitrogen and oxygen atoms in total. The number of aromatic nitrogens is 5. The van der Waals surface area contributed by atoms with Gasteiger partial charge in [-0.1, -0.05) is 6.92 Å². The predicted octanol–water partition coefficient (Wildman–Crippen LogP) is 0.575. The molecule has 0 aromatic carbocycles. The second-order valence-corrected chi connectivity index (χ2v) is 3.47. The zero-order chi connectivity index (χ0) is 10.7. The van der Waals surface area contributed by atoms with E-state index >= 15 is 0 Å². The molecule has 0 radical (unpaired) electrons. The van der Waals surface area contributed by atoms with E-state index in [-0.39, 0.29) is 0 Å². The maximum atomic E-state index is 4.29. The van der Waals surface area contributed by atoms with Gasteiger partial charge in [0, 0.05) is 6.07 Å². The molecule has 0 spiro atoms. The number of nitrogens with zero attached hydrogens (tertiary/aromatic N) is 5. The van der Waals surface area contributed by atoms with Crippen molar-refractivity contribution < 1.29 is 4.57 Å². The number of hydrogen-bond donors (Lipinski definition) is 0. The van der Waals surface area contributed by atoms with Crippen LogP contribution in [0.2, 0.25) is 0 Å². The fourth-order valence-corrected chi connectivity index (χ4v) is 1.37. The summed E-state index contributed by atoms with van der Waals surface area (Å²) in [6.07, 6.45) is 4.96.